The van der Waals surface area contributed by atoms with Gasteiger partial charge in [-0.2, -0.15) is 0 Å². The van der Waals surface area contributed by atoms with E-state index in [9.17, 15) is 19.1 Å². The van der Waals surface area contributed by atoms with Crippen LogP contribution in [0.3, 0.4) is 0 Å². The van der Waals surface area contributed by atoms with Crippen molar-refractivity contribution in [1.29, 1.82) is 0 Å². The van der Waals surface area contributed by atoms with Gasteiger partial charge in [-0.1, -0.05) is 30.3 Å². The Labute approximate surface area is 155 Å². The number of carboxylic acids is 1. The molecule has 0 spiro atoms. The van der Waals surface area contributed by atoms with E-state index in [4.69, 9.17) is 5.73 Å². The van der Waals surface area contributed by atoms with Gasteiger partial charge in [0.05, 0.1) is 6.04 Å². The van der Waals surface area contributed by atoms with E-state index in [1.807, 2.05) is 24.3 Å². The highest BCUT2D eigenvalue weighted by molar-refractivity contribution is 5.88. The lowest BCUT2D eigenvalue weighted by Crippen LogP contribution is -2.50. The molecule has 1 aromatic heterocycles. The predicted octanol–water partition coefficient (Wildman–Crippen LogP) is 1.99. The maximum absolute atomic E-state index is 13.0. The highest BCUT2D eigenvalue weighted by atomic mass is 19.1. The number of H-pyrrole nitrogens is 1. The van der Waals surface area contributed by atoms with E-state index in [0.29, 0.717) is 5.56 Å². The first-order chi connectivity index (χ1) is 12.9. The van der Waals surface area contributed by atoms with Gasteiger partial charge in [-0.05, 0) is 35.7 Å². The van der Waals surface area contributed by atoms with E-state index in [-0.39, 0.29) is 12.8 Å². The molecule has 3 aromatic rings. The Bertz CT molecular complexity index is 953. The minimum Gasteiger partial charge on any atom is -0.480 e. The van der Waals surface area contributed by atoms with Crippen LogP contribution < -0.4 is 11.1 Å². The van der Waals surface area contributed by atoms with Crippen molar-refractivity contribution in [2.45, 2.75) is 24.9 Å². The van der Waals surface area contributed by atoms with Crippen LogP contribution in [0.5, 0.6) is 0 Å². The number of aliphatic carboxylic acids is 1. The summed E-state index contributed by atoms with van der Waals surface area (Å²) in [6, 6.07) is 11.1. The summed E-state index contributed by atoms with van der Waals surface area (Å²) in [7, 11) is 0. The molecule has 2 aromatic carbocycles. The molecule has 1 unspecified atom stereocenters. The Kier molecular flexibility index (Phi) is 5.52. The van der Waals surface area contributed by atoms with Gasteiger partial charge in [-0.15, -0.1) is 0 Å². The number of para-hydroxylation sites is 1. The van der Waals surface area contributed by atoms with Crippen LogP contribution in [0.25, 0.3) is 10.9 Å². The SMILES string of the molecule is N[C@@H](Cc1c[nH]c2ccccc12)C(=O)NC(Cc1ccc(F)cc1)C(=O)O. The molecule has 2 atom stereocenters. The van der Waals surface area contributed by atoms with E-state index < -0.39 is 29.8 Å². The average Bonchev–Trinajstić information content (AvgIpc) is 3.05. The Morgan fingerprint density at radius 3 is 2.52 bits per heavy atom. The molecule has 3 rings (SSSR count). The van der Waals surface area contributed by atoms with Crippen molar-refractivity contribution >= 4 is 22.8 Å². The van der Waals surface area contributed by atoms with Gasteiger partial charge in [0.2, 0.25) is 5.91 Å². The Morgan fingerprint density at radius 1 is 1.11 bits per heavy atom. The first kappa shape index (κ1) is 18.6. The number of hydrogen-bond acceptors (Lipinski definition) is 3. The Hall–Kier alpha value is -3.19. The first-order valence-corrected chi connectivity index (χ1v) is 8.52. The average molecular weight is 369 g/mol. The lowest BCUT2D eigenvalue weighted by Gasteiger charge is -2.18. The lowest BCUT2D eigenvalue weighted by atomic mass is 10.0. The Morgan fingerprint density at radius 2 is 1.81 bits per heavy atom. The maximum atomic E-state index is 13.0. The van der Waals surface area contributed by atoms with Gasteiger partial charge in [-0.25, -0.2) is 9.18 Å². The largest absolute Gasteiger partial charge is 0.480 e. The van der Waals surface area contributed by atoms with E-state index in [1.165, 1.54) is 24.3 Å². The minimum absolute atomic E-state index is 0.0428. The van der Waals surface area contributed by atoms with Crippen LogP contribution in [0.2, 0.25) is 0 Å². The van der Waals surface area contributed by atoms with Gasteiger partial charge in [0.15, 0.2) is 0 Å². The molecule has 6 nitrogen and oxygen atoms in total. The molecule has 0 aliphatic heterocycles. The van der Waals surface area contributed by atoms with Crippen molar-refractivity contribution in [2.24, 2.45) is 5.73 Å². The fraction of sp³-hybridized carbons (Fsp3) is 0.200. The summed E-state index contributed by atoms with van der Waals surface area (Å²) < 4.78 is 13.0. The summed E-state index contributed by atoms with van der Waals surface area (Å²) in [6.07, 6.45) is 2.12. The van der Waals surface area contributed by atoms with E-state index in [1.54, 1.807) is 6.20 Å². The van der Waals surface area contributed by atoms with E-state index in [0.717, 1.165) is 16.5 Å². The second kappa shape index (κ2) is 8.01. The summed E-state index contributed by atoms with van der Waals surface area (Å²) >= 11 is 0. The predicted molar refractivity (Wildman–Crippen MR) is 99.6 cm³/mol. The number of carbonyl (C=O) groups is 2. The fourth-order valence-electron chi connectivity index (χ4n) is 2.97. The number of rotatable bonds is 7. The standard InChI is InChI=1S/C20H20FN3O3/c21-14-7-5-12(6-8-14)9-18(20(26)27)24-19(25)16(22)10-13-11-23-17-4-2-1-3-15(13)17/h1-8,11,16,18,23H,9-10,22H2,(H,24,25)(H,26,27)/t16-,18?/m0/s1. The van der Waals surface area contributed by atoms with Crippen LogP contribution in [0.15, 0.2) is 54.7 Å². The third-order valence-corrected chi connectivity index (χ3v) is 4.42. The second-order valence-corrected chi connectivity index (χ2v) is 6.40. The second-order valence-electron chi connectivity index (χ2n) is 6.40. The summed E-state index contributed by atoms with van der Waals surface area (Å²) in [6.45, 7) is 0. The molecule has 0 aliphatic rings. The monoisotopic (exact) mass is 369 g/mol. The van der Waals surface area contributed by atoms with Crippen molar-refractivity contribution in [1.82, 2.24) is 10.3 Å². The van der Waals surface area contributed by atoms with Gasteiger partial charge in [0.25, 0.3) is 0 Å². The van der Waals surface area contributed by atoms with Crippen molar-refractivity contribution < 1.29 is 19.1 Å². The molecule has 5 N–H and O–H groups in total. The van der Waals surface area contributed by atoms with Crippen LogP contribution in [-0.2, 0) is 22.4 Å². The quantitative estimate of drug-likeness (QED) is 0.511. The molecule has 1 amide bonds. The van der Waals surface area contributed by atoms with Crippen LogP contribution >= 0.6 is 0 Å². The zero-order valence-corrected chi connectivity index (χ0v) is 14.5. The van der Waals surface area contributed by atoms with Gasteiger partial charge in [0, 0.05) is 23.5 Å². The van der Waals surface area contributed by atoms with Gasteiger partial charge >= 0.3 is 5.97 Å². The number of carboxylic acid groups (broad SMARTS) is 1. The number of aromatic nitrogens is 1. The van der Waals surface area contributed by atoms with Gasteiger partial charge in [-0.3, -0.25) is 4.79 Å². The molecular formula is C20H20FN3O3. The fourth-order valence-corrected chi connectivity index (χ4v) is 2.97. The molecule has 0 fully saturated rings. The number of nitrogens with one attached hydrogen (secondary N) is 2. The zero-order valence-electron chi connectivity index (χ0n) is 14.5. The summed E-state index contributed by atoms with van der Waals surface area (Å²) in [4.78, 5) is 27.0. The summed E-state index contributed by atoms with van der Waals surface area (Å²) in [5.74, 6) is -2.13. The molecule has 0 saturated carbocycles. The smallest absolute Gasteiger partial charge is 0.326 e. The summed E-state index contributed by atoms with van der Waals surface area (Å²) in [5.41, 5.74) is 8.43. The molecule has 0 saturated heterocycles. The minimum atomic E-state index is -1.17. The molecule has 1 heterocycles. The first-order valence-electron chi connectivity index (χ1n) is 8.52. The number of carbonyl (C=O) groups excluding carboxylic acids is 1. The highest BCUT2D eigenvalue weighted by Crippen LogP contribution is 2.18. The number of fused-ring (bicyclic) bond motifs is 1. The molecule has 0 radical (unpaired) electrons. The van der Waals surface area contributed by atoms with Gasteiger partial charge < -0.3 is 21.1 Å². The van der Waals surface area contributed by atoms with E-state index in [2.05, 4.69) is 10.3 Å². The van der Waals surface area contributed by atoms with Crippen molar-refractivity contribution in [3.05, 3.63) is 71.7 Å². The molecular weight excluding hydrogens is 349 g/mol. The lowest BCUT2D eigenvalue weighted by molar-refractivity contribution is -0.141. The van der Waals surface area contributed by atoms with Crippen LogP contribution in [-0.4, -0.2) is 34.1 Å². The molecule has 27 heavy (non-hydrogen) atoms. The van der Waals surface area contributed by atoms with Crippen LogP contribution in [0.1, 0.15) is 11.1 Å². The number of amides is 1. The Balaban J connectivity index is 1.66. The third kappa shape index (κ3) is 4.51. The highest BCUT2D eigenvalue weighted by Gasteiger charge is 2.24. The third-order valence-electron chi connectivity index (χ3n) is 4.42. The number of hydrogen-bond donors (Lipinski definition) is 4. The molecule has 7 heteroatoms. The number of benzene rings is 2. The summed E-state index contributed by atoms with van der Waals surface area (Å²) in [5, 5.41) is 12.8. The van der Waals surface area contributed by atoms with Crippen molar-refractivity contribution in [3.8, 4) is 0 Å². The number of nitrogens with two attached hydrogens (primary N) is 1. The van der Waals surface area contributed by atoms with Crippen molar-refractivity contribution in [2.75, 3.05) is 0 Å². The van der Waals surface area contributed by atoms with Crippen molar-refractivity contribution in [3.63, 3.8) is 0 Å². The van der Waals surface area contributed by atoms with E-state index >= 15 is 0 Å². The van der Waals surface area contributed by atoms with Crippen LogP contribution in [0, 0.1) is 5.82 Å². The van der Waals surface area contributed by atoms with Gasteiger partial charge in [0.1, 0.15) is 11.9 Å². The van der Waals surface area contributed by atoms with Crippen LogP contribution in [0.4, 0.5) is 4.39 Å². The normalized spacial score (nSPS) is 13.3. The number of aromatic amines is 1. The topological polar surface area (TPSA) is 108 Å². The zero-order chi connectivity index (χ0) is 19.4. The number of halogens is 1. The molecule has 0 bridgehead atoms. The maximum Gasteiger partial charge on any atom is 0.326 e. The molecule has 140 valence electrons. The molecule has 0 aliphatic carbocycles.